The molecule has 0 saturated carbocycles. The number of hydrogen-bond donors (Lipinski definition) is 1. The third-order valence-corrected chi connectivity index (χ3v) is 4.13. The van der Waals surface area contributed by atoms with Crippen molar-refractivity contribution in [1.29, 1.82) is 0 Å². The molecule has 1 aromatic rings. The number of nitrogens with two attached hydrogens (primary N) is 1. The quantitative estimate of drug-likeness (QED) is 0.860. The van der Waals surface area contributed by atoms with Crippen molar-refractivity contribution in [3.63, 3.8) is 0 Å². The van der Waals surface area contributed by atoms with Crippen LogP contribution in [-0.2, 0) is 20.7 Å². The van der Waals surface area contributed by atoms with Crippen LogP contribution >= 0.6 is 0 Å². The van der Waals surface area contributed by atoms with E-state index < -0.39 is 11.8 Å². The summed E-state index contributed by atoms with van der Waals surface area (Å²) in [6, 6.07) is 9.41. The molecule has 6 heteroatoms. The predicted molar refractivity (Wildman–Crippen MR) is 85.8 cm³/mol. The van der Waals surface area contributed by atoms with Crippen LogP contribution in [-0.4, -0.2) is 48.8 Å². The second-order valence-electron chi connectivity index (χ2n) is 5.96. The van der Waals surface area contributed by atoms with E-state index in [-0.39, 0.29) is 18.1 Å². The Labute approximate surface area is 136 Å². The molecule has 1 aliphatic heterocycles. The van der Waals surface area contributed by atoms with E-state index in [1.165, 1.54) is 0 Å². The van der Waals surface area contributed by atoms with Gasteiger partial charge in [0.25, 0.3) is 0 Å². The summed E-state index contributed by atoms with van der Waals surface area (Å²) in [6.45, 7) is 5.75. The third kappa shape index (κ3) is 3.89. The van der Waals surface area contributed by atoms with Crippen molar-refractivity contribution in [3.05, 3.63) is 35.9 Å². The molecule has 0 aliphatic carbocycles. The van der Waals surface area contributed by atoms with Crippen molar-refractivity contribution in [3.8, 4) is 0 Å². The summed E-state index contributed by atoms with van der Waals surface area (Å²) in [6.07, 6.45) is -0.754. The van der Waals surface area contributed by atoms with Gasteiger partial charge in [0.15, 0.2) is 5.78 Å². The zero-order valence-electron chi connectivity index (χ0n) is 13.7. The average molecular weight is 320 g/mol. The minimum atomic E-state index is -1.36. The fourth-order valence-corrected chi connectivity index (χ4v) is 3.06. The molecule has 2 N–H and O–H groups in total. The van der Waals surface area contributed by atoms with Crippen LogP contribution in [0.15, 0.2) is 30.3 Å². The van der Waals surface area contributed by atoms with Gasteiger partial charge in [-0.1, -0.05) is 44.2 Å². The van der Waals surface area contributed by atoms with Crippen molar-refractivity contribution in [2.45, 2.75) is 26.0 Å². The number of nitrogens with zero attached hydrogens (tertiary/aromatic N) is 1. The third-order valence-electron chi connectivity index (χ3n) is 4.13. The highest BCUT2D eigenvalue weighted by Crippen LogP contribution is 2.30. The summed E-state index contributed by atoms with van der Waals surface area (Å²) in [5, 5.41) is 0. The number of carbonyl (C=O) groups is 2. The maximum Gasteiger partial charge on any atom is 0.406 e. The number of benzene rings is 1. The number of hydrogen-bond acceptors (Lipinski definition) is 5. The highest BCUT2D eigenvalue weighted by molar-refractivity contribution is 5.91. The van der Waals surface area contributed by atoms with E-state index in [1.807, 2.05) is 49.1 Å². The van der Waals surface area contributed by atoms with Gasteiger partial charge in [0.2, 0.25) is 5.72 Å². The molecule has 1 fully saturated rings. The Kier molecular flexibility index (Phi) is 5.74. The number of amides is 1. The molecule has 0 bridgehead atoms. The van der Waals surface area contributed by atoms with Crippen LogP contribution in [0.2, 0.25) is 0 Å². The molecule has 1 aromatic carbocycles. The summed E-state index contributed by atoms with van der Waals surface area (Å²) in [7, 11) is 0. The lowest BCUT2D eigenvalue weighted by atomic mass is 9.88. The smallest absolute Gasteiger partial charge is 0.406 e. The second-order valence-corrected chi connectivity index (χ2v) is 5.96. The Morgan fingerprint density at radius 1 is 1.26 bits per heavy atom. The topological polar surface area (TPSA) is 81.9 Å². The highest BCUT2D eigenvalue weighted by Gasteiger charge is 2.50. The molecule has 1 atom stereocenters. The maximum atomic E-state index is 13.1. The first-order valence-corrected chi connectivity index (χ1v) is 7.85. The van der Waals surface area contributed by atoms with E-state index in [0.717, 1.165) is 5.56 Å². The average Bonchev–Trinajstić information content (AvgIpc) is 2.53. The van der Waals surface area contributed by atoms with Gasteiger partial charge >= 0.3 is 6.09 Å². The Hall–Kier alpha value is -1.92. The number of ether oxygens (including phenoxy) is 2. The fourth-order valence-electron chi connectivity index (χ4n) is 3.06. The molecular formula is C17H24N2O4. The monoisotopic (exact) mass is 320 g/mol. The normalized spacial score (nSPS) is 18.4. The lowest BCUT2D eigenvalue weighted by Gasteiger charge is -2.45. The maximum absolute atomic E-state index is 13.1. The molecule has 23 heavy (non-hydrogen) atoms. The van der Waals surface area contributed by atoms with E-state index in [1.54, 1.807) is 0 Å². The van der Waals surface area contributed by atoms with Gasteiger partial charge in [-0.05, 0) is 5.56 Å². The molecule has 1 amide bonds. The van der Waals surface area contributed by atoms with Crippen LogP contribution in [0.4, 0.5) is 4.79 Å². The first kappa shape index (κ1) is 17.4. The number of morpholine rings is 1. The van der Waals surface area contributed by atoms with Crippen molar-refractivity contribution in [2.24, 2.45) is 11.7 Å². The van der Waals surface area contributed by atoms with E-state index >= 15 is 0 Å². The summed E-state index contributed by atoms with van der Waals surface area (Å²) in [5.41, 5.74) is 4.81. The molecule has 0 aromatic heterocycles. The van der Waals surface area contributed by atoms with Crippen molar-refractivity contribution < 1.29 is 19.1 Å². The van der Waals surface area contributed by atoms with E-state index in [0.29, 0.717) is 26.3 Å². The molecule has 0 unspecified atom stereocenters. The molecule has 126 valence electrons. The summed E-state index contributed by atoms with van der Waals surface area (Å²) >= 11 is 0. The van der Waals surface area contributed by atoms with Crippen LogP contribution in [0.1, 0.15) is 19.4 Å². The van der Waals surface area contributed by atoms with Crippen LogP contribution < -0.4 is 5.73 Å². The van der Waals surface area contributed by atoms with Crippen molar-refractivity contribution in [1.82, 2.24) is 4.90 Å². The lowest BCUT2D eigenvalue weighted by molar-refractivity contribution is -0.182. The Morgan fingerprint density at radius 2 is 1.87 bits per heavy atom. The Morgan fingerprint density at radius 3 is 2.39 bits per heavy atom. The SMILES string of the molecule is CC(C)[C@](OC(N)=O)(C(=O)Cc1ccccc1)N1CCOCC1. The van der Waals surface area contributed by atoms with Gasteiger partial charge in [-0.2, -0.15) is 0 Å². The molecule has 0 radical (unpaired) electrons. The van der Waals surface area contributed by atoms with Gasteiger partial charge < -0.3 is 15.2 Å². The first-order chi connectivity index (χ1) is 11.0. The number of rotatable bonds is 6. The van der Waals surface area contributed by atoms with Crippen molar-refractivity contribution >= 4 is 11.9 Å². The molecule has 6 nitrogen and oxygen atoms in total. The van der Waals surface area contributed by atoms with Crippen LogP contribution in [0.25, 0.3) is 0 Å². The van der Waals surface area contributed by atoms with E-state index in [4.69, 9.17) is 15.2 Å². The summed E-state index contributed by atoms with van der Waals surface area (Å²) in [5.74, 6) is -0.399. The number of carbonyl (C=O) groups excluding carboxylic acids is 2. The lowest BCUT2D eigenvalue weighted by Crippen LogP contribution is -2.64. The molecule has 1 heterocycles. The molecule has 1 saturated heterocycles. The first-order valence-electron chi connectivity index (χ1n) is 7.85. The van der Waals surface area contributed by atoms with Gasteiger partial charge in [-0.25, -0.2) is 4.79 Å². The Balaban J connectivity index is 2.33. The predicted octanol–water partition coefficient (Wildman–Crippen LogP) is 1.58. The van der Waals surface area contributed by atoms with E-state index in [9.17, 15) is 9.59 Å². The summed E-state index contributed by atoms with van der Waals surface area (Å²) < 4.78 is 10.8. The fraction of sp³-hybridized carbons (Fsp3) is 0.529. The minimum absolute atomic E-state index is 0.167. The minimum Gasteiger partial charge on any atom is -0.420 e. The molecular weight excluding hydrogens is 296 g/mol. The molecule has 2 rings (SSSR count). The second kappa shape index (κ2) is 7.57. The van der Waals surface area contributed by atoms with Crippen LogP contribution in [0.5, 0.6) is 0 Å². The summed E-state index contributed by atoms with van der Waals surface area (Å²) in [4.78, 5) is 26.5. The zero-order valence-corrected chi connectivity index (χ0v) is 13.7. The highest BCUT2D eigenvalue weighted by atomic mass is 16.6. The Bertz CT molecular complexity index is 541. The van der Waals surface area contributed by atoms with E-state index in [2.05, 4.69) is 0 Å². The van der Waals surface area contributed by atoms with Gasteiger partial charge in [0, 0.05) is 25.4 Å². The van der Waals surface area contributed by atoms with Gasteiger partial charge in [-0.3, -0.25) is 9.69 Å². The number of ketones is 1. The van der Waals surface area contributed by atoms with Crippen LogP contribution in [0.3, 0.4) is 0 Å². The van der Waals surface area contributed by atoms with Gasteiger partial charge in [0.1, 0.15) is 0 Å². The van der Waals surface area contributed by atoms with Gasteiger partial charge in [-0.15, -0.1) is 0 Å². The van der Waals surface area contributed by atoms with Crippen LogP contribution in [0, 0.1) is 5.92 Å². The van der Waals surface area contributed by atoms with Gasteiger partial charge in [0.05, 0.1) is 13.2 Å². The van der Waals surface area contributed by atoms with Crippen molar-refractivity contribution in [2.75, 3.05) is 26.3 Å². The number of Topliss-reactive ketones (excluding diaryl/α,β-unsaturated/α-hetero) is 1. The zero-order chi connectivity index (χ0) is 16.9. The standard InChI is InChI=1S/C17H24N2O4/c1-13(2)17(23-16(18)21,19-8-10-22-11-9-19)15(20)12-14-6-4-3-5-7-14/h3-7,13H,8-12H2,1-2H3,(H2,18,21)/t17-/m0/s1. The molecule has 1 aliphatic rings. The largest absolute Gasteiger partial charge is 0.420 e. The number of primary amides is 1. The molecule has 0 spiro atoms.